The van der Waals surface area contributed by atoms with Crippen molar-refractivity contribution in [3.8, 4) is 0 Å². The second-order valence-corrected chi connectivity index (χ2v) is 5.84. The fourth-order valence-corrected chi connectivity index (χ4v) is 2.04. The smallest absolute Gasteiger partial charge is 0.317 e. The van der Waals surface area contributed by atoms with Crippen LogP contribution in [0.1, 0.15) is 26.7 Å². The van der Waals surface area contributed by atoms with Crippen molar-refractivity contribution in [2.45, 2.75) is 38.8 Å². The molecule has 0 unspecified atom stereocenters. The van der Waals surface area contributed by atoms with Crippen LogP contribution in [0, 0.1) is 0 Å². The molecule has 1 rings (SSSR count). The van der Waals surface area contributed by atoms with Gasteiger partial charge >= 0.3 is 6.03 Å². The number of carbonyl (C=O) groups excluding carboxylic acids is 1. The summed E-state index contributed by atoms with van der Waals surface area (Å²) in [5.74, 6) is 0. The third-order valence-electron chi connectivity index (χ3n) is 2.97. The van der Waals surface area contributed by atoms with Gasteiger partial charge in [0.05, 0.1) is 12.1 Å². The predicted octanol–water partition coefficient (Wildman–Crippen LogP) is 1.04. The number of unbranched alkanes of at least 4 members (excludes halogenated alkanes) is 1. The van der Waals surface area contributed by atoms with Crippen LogP contribution in [-0.2, 0) is 6.54 Å². The molecule has 1 aromatic heterocycles. The van der Waals surface area contributed by atoms with E-state index in [1.807, 2.05) is 6.07 Å². The monoisotopic (exact) mass is 295 g/mol. The maximum Gasteiger partial charge on any atom is 0.317 e. The van der Waals surface area contributed by atoms with Gasteiger partial charge in [0.2, 0.25) is 5.56 Å². The lowest BCUT2D eigenvalue weighted by atomic mass is 10.1. The van der Waals surface area contributed by atoms with Gasteiger partial charge in [-0.25, -0.2) is 4.79 Å². The topological polar surface area (TPSA) is 74.6 Å². The Morgan fingerprint density at radius 3 is 2.71 bits per heavy atom. The van der Waals surface area contributed by atoms with E-state index in [0.29, 0.717) is 13.1 Å². The molecule has 0 saturated carbocycles. The fraction of sp³-hybridized carbons (Fsp3) is 0.600. The Morgan fingerprint density at radius 2 is 2.10 bits per heavy atom. The minimum Gasteiger partial charge on any atom is -0.389 e. The Hall–Kier alpha value is -1.82. The van der Waals surface area contributed by atoms with Crippen molar-refractivity contribution in [2.24, 2.45) is 0 Å². The quantitative estimate of drug-likeness (QED) is 0.738. The number of hydrogen-bond donors (Lipinski definition) is 2. The van der Waals surface area contributed by atoms with Gasteiger partial charge in [0, 0.05) is 32.4 Å². The molecule has 0 saturated heterocycles. The van der Waals surface area contributed by atoms with Crippen LogP contribution in [0.2, 0.25) is 0 Å². The van der Waals surface area contributed by atoms with E-state index in [1.54, 1.807) is 37.7 Å². The summed E-state index contributed by atoms with van der Waals surface area (Å²) in [7, 11) is 1.65. The van der Waals surface area contributed by atoms with E-state index in [9.17, 15) is 14.7 Å². The lowest BCUT2D eigenvalue weighted by molar-refractivity contribution is 0.0532. The first-order valence-corrected chi connectivity index (χ1v) is 7.16. The number of hydrogen-bond acceptors (Lipinski definition) is 3. The summed E-state index contributed by atoms with van der Waals surface area (Å²) in [6.07, 6.45) is 3.38. The van der Waals surface area contributed by atoms with Gasteiger partial charge in [0.25, 0.3) is 0 Å². The van der Waals surface area contributed by atoms with Gasteiger partial charge < -0.3 is 19.9 Å². The summed E-state index contributed by atoms with van der Waals surface area (Å²) in [6, 6.07) is 4.88. The predicted molar refractivity (Wildman–Crippen MR) is 82.3 cm³/mol. The maximum absolute atomic E-state index is 11.8. The van der Waals surface area contributed by atoms with E-state index in [-0.39, 0.29) is 18.1 Å². The summed E-state index contributed by atoms with van der Waals surface area (Å²) < 4.78 is 1.65. The number of urea groups is 1. The average Bonchev–Trinajstić information content (AvgIpc) is 2.38. The summed E-state index contributed by atoms with van der Waals surface area (Å²) in [5, 5.41) is 12.4. The number of pyridine rings is 1. The van der Waals surface area contributed by atoms with Crippen molar-refractivity contribution in [1.29, 1.82) is 0 Å². The van der Waals surface area contributed by atoms with Gasteiger partial charge in [-0.1, -0.05) is 6.07 Å². The molecule has 0 aliphatic rings. The number of amides is 2. The summed E-state index contributed by atoms with van der Waals surface area (Å²) in [6.45, 7) is 4.80. The Labute approximate surface area is 125 Å². The molecule has 0 radical (unpaired) electrons. The molecule has 0 bridgehead atoms. The van der Waals surface area contributed by atoms with Crippen molar-refractivity contribution in [3.05, 3.63) is 34.7 Å². The van der Waals surface area contributed by atoms with Gasteiger partial charge in [-0.3, -0.25) is 4.79 Å². The van der Waals surface area contributed by atoms with Gasteiger partial charge in [-0.2, -0.15) is 0 Å². The van der Waals surface area contributed by atoms with Crippen LogP contribution in [0.4, 0.5) is 4.79 Å². The molecule has 0 aliphatic carbocycles. The molecule has 6 nitrogen and oxygen atoms in total. The van der Waals surface area contributed by atoms with E-state index >= 15 is 0 Å². The molecule has 21 heavy (non-hydrogen) atoms. The van der Waals surface area contributed by atoms with Crippen LogP contribution in [-0.4, -0.2) is 46.3 Å². The first-order chi connectivity index (χ1) is 9.79. The number of carbonyl (C=O) groups is 1. The van der Waals surface area contributed by atoms with Crippen molar-refractivity contribution < 1.29 is 9.90 Å². The summed E-state index contributed by atoms with van der Waals surface area (Å²) in [4.78, 5) is 24.7. The van der Waals surface area contributed by atoms with E-state index in [0.717, 1.165) is 12.8 Å². The lowest BCUT2D eigenvalue weighted by Gasteiger charge is -2.25. The number of nitrogens with zero attached hydrogens (tertiary/aromatic N) is 2. The number of aromatic nitrogens is 1. The van der Waals surface area contributed by atoms with E-state index < -0.39 is 5.60 Å². The number of nitrogens with one attached hydrogen (secondary N) is 1. The summed E-state index contributed by atoms with van der Waals surface area (Å²) >= 11 is 0. The molecule has 2 amide bonds. The van der Waals surface area contributed by atoms with Gasteiger partial charge in [0.15, 0.2) is 0 Å². The third kappa shape index (κ3) is 6.94. The molecule has 0 aliphatic heterocycles. The minimum atomic E-state index is -0.902. The molecule has 2 N–H and O–H groups in total. The third-order valence-corrected chi connectivity index (χ3v) is 2.97. The SMILES string of the molecule is CN(CC(C)(C)O)C(=O)NCCCCn1ccccc1=O. The summed E-state index contributed by atoms with van der Waals surface area (Å²) in [5.41, 5.74) is -0.910. The van der Waals surface area contributed by atoms with Crippen molar-refractivity contribution >= 4 is 6.03 Å². The number of aliphatic hydroxyl groups is 1. The molecule has 0 aromatic carbocycles. The van der Waals surface area contributed by atoms with Crippen molar-refractivity contribution in [2.75, 3.05) is 20.1 Å². The minimum absolute atomic E-state index is 0.00792. The lowest BCUT2D eigenvalue weighted by Crippen LogP contribution is -2.44. The molecule has 0 atom stereocenters. The van der Waals surface area contributed by atoms with Crippen LogP contribution in [0.25, 0.3) is 0 Å². The second-order valence-electron chi connectivity index (χ2n) is 5.84. The van der Waals surface area contributed by atoms with E-state index in [4.69, 9.17) is 0 Å². The van der Waals surface area contributed by atoms with Gasteiger partial charge in [-0.15, -0.1) is 0 Å². The fourth-order valence-electron chi connectivity index (χ4n) is 2.04. The molecule has 0 spiro atoms. The molecular weight excluding hydrogens is 270 g/mol. The molecule has 1 heterocycles. The van der Waals surface area contributed by atoms with Crippen LogP contribution < -0.4 is 10.9 Å². The standard InChI is InChI=1S/C15H25N3O3/c1-15(2,21)12-17(3)14(20)16-9-5-7-11-18-10-6-4-8-13(18)19/h4,6,8,10,21H,5,7,9,11-12H2,1-3H3,(H,16,20). The Bertz CT molecular complexity index is 505. The number of likely N-dealkylation sites (N-methyl/N-ethyl adjacent to an activating group) is 1. The van der Waals surface area contributed by atoms with Crippen LogP contribution in [0.5, 0.6) is 0 Å². The highest BCUT2D eigenvalue weighted by Crippen LogP contribution is 2.03. The van der Waals surface area contributed by atoms with Crippen LogP contribution in [0.15, 0.2) is 29.2 Å². The highest BCUT2D eigenvalue weighted by Gasteiger charge is 2.18. The zero-order valence-corrected chi connectivity index (χ0v) is 13.0. The zero-order valence-electron chi connectivity index (χ0n) is 13.0. The first kappa shape index (κ1) is 17.2. The van der Waals surface area contributed by atoms with E-state index in [2.05, 4.69) is 5.32 Å². The average molecular weight is 295 g/mol. The highest BCUT2D eigenvalue weighted by atomic mass is 16.3. The highest BCUT2D eigenvalue weighted by molar-refractivity contribution is 5.73. The van der Waals surface area contributed by atoms with E-state index in [1.165, 1.54) is 11.0 Å². The molecule has 6 heteroatoms. The van der Waals surface area contributed by atoms with Crippen molar-refractivity contribution in [3.63, 3.8) is 0 Å². The molecular formula is C15H25N3O3. The zero-order chi connectivity index (χ0) is 15.9. The largest absolute Gasteiger partial charge is 0.389 e. The maximum atomic E-state index is 11.8. The van der Waals surface area contributed by atoms with Crippen LogP contribution >= 0.6 is 0 Å². The Balaban J connectivity index is 2.21. The van der Waals surface area contributed by atoms with Gasteiger partial charge in [0.1, 0.15) is 0 Å². The number of rotatable bonds is 7. The second kappa shape index (κ2) is 7.83. The molecule has 0 fully saturated rings. The molecule has 118 valence electrons. The number of aryl methyl sites for hydroxylation is 1. The van der Waals surface area contributed by atoms with Crippen molar-refractivity contribution in [1.82, 2.24) is 14.8 Å². The Morgan fingerprint density at radius 1 is 1.38 bits per heavy atom. The van der Waals surface area contributed by atoms with Gasteiger partial charge in [-0.05, 0) is 32.8 Å². The molecule has 1 aromatic rings. The van der Waals surface area contributed by atoms with Crippen LogP contribution in [0.3, 0.4) is 0 Å². The first-order valence-electron chi connectivity index (χ1n) is 7.16. The normalized spacial score (nSPS) is 11.2. The Kier molecular flexibility index (Phi) is 6.42.